The predicted molar refractivity (Wildman–Crippen MR) is 108 cm³/mol. The quantitative estimate of drug-likeness (QED) is 0.562. The van der Waals surface area contributed by atoms with E-state index in [2.05, 4.69) is 10.6 Å². The van der Waals surface area contributed by atoms with Crippen molar-refractivity contribution in [1.82, 2.24) is 10.6 Å². The second kappa shape index (κ2) is 11.7. The third kappa shape index (κ3) is 8.13. The highest BCUT2D eigenvalue weighted by Crippen LogP contribution is 2.13. The number of hydrogen-bond acceptors (Lipinski definition) is 5. The fourth-order valence-electron chi connectivity index (χ4n) is 2.26. The first-order valence-corrected chi connectivity index (χ1v) is 9.85. The predicted octanol–water partition coefficient (Wildman–Crippen LogP) is 1.82. The van der Waals surface area contributed by atoms with Crippen LogP contribution < -0.4 is 16.4 Å². The van der Waals surface area contributed by atoms with Crippen molar-refractivity contribution in [1.29, 1.82) is 0 Å². The van der Waals surface area contributed by atoms with Crippen LogP contribution in [-0.4, -0.2) is 36.2 Å². The van der Waals surface area contributed by atoms with Gasteiger partial charge in [-0.1, -0.05) is 60.7 Å². The number of amides is 3. The molecule has 0 radical (unpaired) electrons. The molecule has 2 aromatic carbocycles. The molecule has 3 amide bonds. The molecule has 2 aromatic rings. The van der Waals surface area contributed by atoms with Crippen molar-refractivity contribution in [3.63, 3.8) is 0 Å². The number of alkyl carbamates (subject to hydrolysis) is 1. The number of carbonyl (C=O) groups is 3. The molecule has 0 heterocycles. The average molecular weight is 401 g/mol. The van der Waals surface area contributed by atoms with E-state index in [1.807, 2.05) is 60.7 Å². The Labute approximate surface area is 168 Å². The van der Waals surface area contributed by atoms with Gasteiger partial charge in [-0.15, -0.1) is 0 Å². The van der Waals surface area contributed by atoms with E-state index >= 15 is 0 Å². The molecule has 0 aliphatic rings. The summed E-state index contributed by atoms with van der Waals surface area (Å²) in [4.78, 5) is 35.3. The van der Waals surface area contributed by atoms with Crippen molar-refractivity contribution in [2.45, 2.75) is 18.4 Å². The van der Waals surface area contributed by atoms with Crippen LogP contribution >= 0.6 is 11.8 Å². The van der Waals surface area contributed by atoms with Crippen molar-refractivity contribution in [2.75, 3.05) is 12.3 Å². The molecular weight excluding hydrogens is 378 g/mol. The van der Waals surface area contributed by atoms with Crippen LogP contribution in [0.4, 0.5) is 4.79 Å². The first kappa shape index (κ1) is 21.3. The van der Waals surface area contributed by atoms with Crippen LogP contribution in [0.3, 0.4) is 0 Å². The van der Waals surface area contributed by atoms with Crippen molar-refractivity contribution in [2.24, 2.45) is 5.73 Å². The van der Waals surface area contributed by atoms with Crippen LogP contribution in [0.25, 0.3) is 0 Å². The second-order valence-electron chi connectivity index (χ2n) is 5.94. The molecule has 0 bridgehead atoms. The molecule has 7 nitrogen and oxygen atoms in total. The van der Waals surface area contributed by atoms with Gasteiger partial charge in [0.05, 0.1) is 6.54 Å². The van der Waals surface area contributed by atoms with Crippen molar-refractivity contribution in [3.05, 3.63) is 71.8 Å². The van der Waals surface area contributed by atoms with Crippen LogP contribution in [0.5, 0.6) is 0 Å². The minimum absolute atomic E-state index is 0.0967. The van der Waals surface area contributed by atoms with Gasteiger partial charge in [-0.05, 0) is 11.1 Å². The molecule has 0 aliphatic carbocycles. The van der Waals surface area contributed by atoms with Crippen molar-refractivity contribution >= 4 is 29.7 Å². The molecule has 0 aliphatic heterocycles. The number of primary amides is 1. The van der Waals surface area contributed by atoms with E-state index in [1.54, 1.807) is 0 Å². The Morgan fingerprint density at radius 2 is 1.57 bits per heavy atom. The van der Waals surface area contributed by atoms with Crippen LogP contribution in [0.1, 0.15) is 11.1 Å². The van der Waals surface area contributed by atoms with E-state index in [1.165, 1.54) is 11.8 Å². The Kier molecular flexibility index (Phi) is 8.87. The van der Waals surface area contributed by atoms with E-state index in [0.29, 0.717) is 11.5 Å². The van der Waals surface area contributed by atoms with Gasteiger partial charge in [0, 0.05) is 11.5 Å². The van der Waals surface area contributed by atoms with Gasteiger partial charge >= 0.3 is 6.09 Å². The summed E-state index contributed by atoms with van der Waals surface area (Å²) >= 11 is 1.49. The lowest BCUT2D eigenvalue weighted by atomic mass is 10.2. The van der Waals surface area contributed by atoms with Crippen LogP contribution in [0, 0.1) is 0 Å². The molecule has 0 aromatic heterocycles. The molecule has 148 valence electrons. The van der Waals surface area contributed by atoms with E-state index < -0.39 is 23.9 Å². The first-order chi connectivity index (χ1) is 13.5. The van der Waals surface area contributed by atoms with E-state index in [4.69, 9.17) is 10.5 Å². The smallest absolute Gasteiger partial charge is 0.408 e. The largest absolute Gasteiger partial charge is 0.445 e. The SMILES string of the molecule is NC(=O)CNC(=O)C(CSCc1ccccc1)NC(=O)OCc1ccccc1. The molecule has 0 saturated heterocycles. The topological polar surface area (TPSA) is 111 Å². The maximum atomic E-state index is 12.3. The van der Waals surface area contributed by atoms with Crippen LogP contribution in [0.15, 0.2) is 60.7 Å². The standard InChI is InChI=1S/C20H23N3O4S/c21-18(24)11-22-19(25)17(14-28-13-16-9-5-2-6-10-16)23-20(26)27-12-15-7-3-1-4-8-15/h1-10,17H,11-14H2,(H2,21,24)(H,22,25)(H,23,26). The van der Waals surface area contributed by atoms with Crippen molar-refractivity contribution in [3.8, 4) is 0 Å². The van der Waals surface area contributed by atoms with Crippen LogP contribution in [-0.2, 0) is 26.7 Å². The van der Waals surface area contributed by atoms with Crippen molar-refractivity contribution < 1.29 is 19.1 Å². The summed E-state index contributed by atoms with van der Waals surface area (Å²) in [5, 5.41) is 4.96. The summed E-state index contributed by atoms with van der Waals surface area (Å²) in [5.74, 6) is -0.145. The molecule has 0 fully saturated rings. The van der Waals surface area contributed by atoms with Gasteiger partial charge in [0.1, 0.15) is 12.6 Å². The monoisotopic (exact) mass is 401 g/mol. The van der Waals surface area contributed by atoms with E-state index in [9.17, 15) is 14.4 Å². The molecular formula is C20H23N3O4S. The maximum absolute atomic E-state index is 12.3. The van der Waals surface area contributed by atoms with E-state index in [-0.39, 0.29) is 13.2 Å². The highest BCUT2D eigenvalue weighted by atomic mass is 32.2. The third-order valence-electron chi connectivity index (χ3n) is 3.65. The molecule has 1 atom stereocenters. The van der Waals surface area contributed by atoms with E-state index in [0.717, 1.165) is 11.1 Å². The number of hydrogen-bond donors (Lipinski definition) is 3. The lowest BCUT2D eigenvalue weighted by molar-refractivity contribution is -0.125. The molecule has 28 heavy (non-hydrogen) atoms. The summed E-state index contributed by atoms with van der Waals surface area (Å²) in [5.41, 5.74) is 7.01. The van der Waals surface area contributed by atoms with Gasteiger partial charge in [0.25, 0.3) is 0 Å². The summed E-state index contributed by atoms with van der Waals surface area (Å²) in [7, 11) is 0. The number of thioether (sulfide) groups is 1. The van der Waals surface area contributed by atoms with Gasteiger partial charge in [0.2, 0.25) is 11.8 Å². The number of rotatable bonds is 10. The summed E-state index contributed by atoms with van der Waals surface area (Å²) in [6, 6.07) is 18.1. The number of carbonyl (C=O) groups excluding carboxylic acids is 3. The molecule has 4 N–H and O–H groups in total. The second-order valence-corrected chi connectivity index (χ2v) is 6.97. The van der Waals surface area contributed by atoms with Gasteiger partial charge in [-0.2, -0.15) is 11.8 Å². The van der Waals surface area contributed by atoms with Gasteiger partial charge in [-0.25, -0.2) is 4.79 Å². The third-order valence-corrected chi connectivity index (χ3v) is 4.76. The molecule has 0 saturated carbocycles. The van der Waals surface area contributed by atoms with Gasteiger partial charge in [-0.3, -0.25) is 9.59 Å². The summed E-state index contributed by atoms with van der Waals surface area (Å²) in [6.07, 6.45) is -0.705. The average Bonchev–Trinajstić information content (AvgIpc) is 2.71. The Balaban J connectivity index is 1.87. The molecule has 0 spiro atoms. The Bertz CT molecular complexity index is 772. The number of nitrogens with one attached hydrogen (secondary N) is 2. The summed E-state index contributed by atoms with van der Waals surface area (Å²) < 4.78 is 5.17. The maximum Gasteiger partial charge on any atom is 0.408 e. The number of benzene rings is 2. The fourth-order valence-corrected chi connectivity index (χ4v) is 3.27. The minimum Gasteiger partial charge on any atom is -0.445 e. The lowest BCUT2D eigenvalue weighted by Gasteiger charge is -2.18. The first-order valence-electron chi connectivity index (χ1n) is 8.69. The Morgan fingerprint density at radius 1 is 0.964 bits per heavy atom. The zero-order chi connectivity index (χ0) is 20.2. The molecule has 1 unspecified atom stereocenters. The highest BCUT2D eigenvalue weighted by Gasteiger charge is 2.22. The zero-order valence-electron chi connectivity index (χ0n) is 15.3. The molecule has 8 heteroatoms. The Hall–Kier alpha value is -3.00. The zero-order valence-corrected chi connectivity index (χ0v) is 16.1. The summed E-state index contributed by atoms with van der Waals surface area (Å²) in [6.45, 7) is -0.196. The van der Waals surface area contributed by atoms with Gasteiger partial charge in [0.15, 0.2) is 0 Å². The minimum atomic E-state index is -0.851. The molecule has 2 rings (SSSR count). The number of ether oxygens (including phenoxy) is 1. The Morgan fingerprint density at radius 3 is 2.18 bits per heavy atom. The highest BCUT2D eigenvalue weighted by molar-refractivity contribution is 7.98. The van der Waals surface area contributed by atoms with Gasteiger partial charge < -0.3 is 21.1 Å². The number of nitrogens with two attached hydrogens (primary N) is 1. The lowest BCUT2D eigenvalue weighted by Crippen LogP contribution is -2.50. The normalized spacial score (nSPS) is 11.3. The fraction of sp³-hybridized carbons (Fsp3) is 0.250. The van der Waals surface area contributed by atoms with Crippen LogP contribution in [0.2, 0.25) is 0 Å².